The van der Waals surface area contributed by atoms with Crippen molar-refractivity contribution in [3.8, 4) is 0 Å². The molecule has 0 fully saturated rings. The normalized spacial score (nSPS) is 11.3. The van der Waals surface area contributed by atoms with Crippen LogP contribution in [-0.4, -0.2) is 0 Å². The molecule has 3 aromatic rings. The minimum atomic E-state index is -0.227. The second-order valence-corrected chi connectivity index (χ2v) is 5.51. The van der Waals surface area contributed by atoms with E-state index >= 15 is 0 Å². The molecule has 3 rings (SSSR count). The molecule has 19 heavy (non-hydrogen) atoms. The van der Waals surface area contributed by atoms with E-state index in [1.807, 2.05) is 13.0 Å². The van der Waals surface area contributed by atoms with Gasteiger partial charge in [-0.1, -0.05) is 6.07 Å². The van der Waals surface area contributed by atoms with Gasteiger partial charge in [0.1, 0.15) is 17.2 Å². The Hall–Kier alpha value is -1.65. The van der Waals surface area contributed by atoms with Gasteiger partial charge >= 0.3 is 0 Å². The van der Waals surface area contributed by atoms with Gasteiger partial charge in [0.05, 0.1) is 6.54 Å². The summed E-state index contributed by atoms with van der Waals surface area (Å²) in [7, 11) is 0. The molecule has 2 aromatic heterocycles. The summed E-state index contributed by atoms with van der Waals surface area (Å²) in [5.74, 6) is 0.645. The molecule has 4 heteroatoms. The monoisotopic (exact) mass is 275 g/mol. The first-order chi connectivity index (χ1) is 9.24. The molecule has 0 spiro atoms. The molecule has 98 valence electrons. The highest BCUT2D eigenvalue weighted by atomic mass is 32.1. The highest BCUT2D eigenvalue weighted by Gasteiger charge is 2.10. The minimum Gasteiger partial charge on any atom is -0.459 e. The molecule has 0 unspecified atom stereocenters. The SMILES string of the molecule is Cc1c(CNCc2cccs2)oc2ccc(F)cc12. The average Bonchev–Trinajstić information content (AvgIpc) is 3.00. The second-order valence-electron chi connectivity index (χ2n) is 4.47. The zero-order valence-electron chi connectivity index (χ0n) is 10.6. The van der Waals surface area contributed by atoms with E-state index in [0.29, 0.717) is 6.54 Å². The fourth-order valence-corrected chi connectivity index (χ4v) is 2.80. The van der Waals surface area contributed by atoms with Gasteiger partial charge in [0, 0.05) is 16.8 Å². The van der Waals surface area contributed by atoms with Crippen LogP contribution in [0.25, 0.3) is 11.0 Å². The molecule has 0 aliphatic carbocycles. The zero-order chi connectivity index (χ0) is 13.2. The molecule has 2 nitrogen and oxygen atoms in total. The predicted octanol–water partition coefficient (Wildman–Crippen LogP) is 4.23. The Kier molecular flexibility index (Phi) is 3.36. The van der Waals surface area contributed by atoms with Crippen LogP contribution in [0.5, 0.6) is 0 Å². The Morgan fingerprint density at radius 3 is 2.95 bits per heavy atom. The van der Waals surface area contributed by atoms with Crippen molar-refractivity contribution in [1.82, 2.24) is 5.32 Å². The van der Waals surface area contributed by atoms with E-state index in [1.54, 1.807) is 17.4 Å². The Balaban J connectivity index is 1.76. The lowest BCUT2D eigenvalue weighted by molar-refractivity contribution is 0.511. The number of thiophene rings is 1. The summed E-state index contributed by atoms with van der Waals surface area (Å²) in [6.45, 7) is 3.44. The molecule has 1 aromatic carbocycles. The molecular formula is C15H14FNOS. The molecule has 0 atom stereocenters. The number of aryl methyl sites for hydroxylation is 1. The first-order valence-electron chi connectivity index (χ1n) is 6.14. The van der Waals surface area contributed by atoms with E-state index in [2.05, 4.69) is 16.8 Å². The molecule has 0 saturated heterocycles. The van der Waals surface area contributed by atoms with Crippen LogP contribution >= 0.6 is 11.3 Å². The van der Waals surface area contributed by atoms with Gasteiger partial charge in [-0.05, 0) is 42.1 Å². The topological polar surface area (TPSA) is 25.2 Å². The number of halogens is 1. The van der Waals surface area contributed by atoms with Crippen molar-refractivity contribution in [1.29, 1.82) is 0 Å². The minimum absolute atomic E-state index is 0.227. The van der Waals surface area contributed by atoms with Crippen LogP contribution in [0.4, 0.5) is 4.39 Å². The maximum atomic E-state index is 13.2. The summed E-state index contributed by atoms with van der Waals surface area (Å²) in [4.78, 5) is 1.29. The number of fused-ring (bicyclic) bond motifs is 1. The fraction of sp³-hybridized carbons (Fsp3) is 0.200. The van der Waals surface area contributed by atoms with Gasteiger partial charge in [-0.2, -0.15) is 0 Å². The lowest BCUT2D eigenvalue weighted by Gasteiger charge is -2.01. The number of nitrogens with one attached hydrogen (secondary N) is 1. The molecule has 0 amide bonds. The van der Waals surface area contributed by atoms with Gasteiger partial charge in [-0.3, -0.25) is 0 Å². The first-order valence-corrected chi connectivity index (χ1v) is 7.02. The van der Waals surface area contributed by atoms with Crippen molar-refractivity contribution in [2.75, 3.05) is 0 Å². The number of hydrogen-bond donors (Lipinski definition) is 1. The van der Waals surface area contributed by atoms with Crippen LogP contribution in [0, 0.1) is 12.7 Å². The highest BCUT2D eigenvalue weighted by Crippen LogP contribution is 2.25. The summed E-state index contributed by atoms with van der Waals surface area (Å²) < 4.78 is 19.0. The van der Waals surface area contributed by atoms with Crippen molar-refractivity contribution in [2.24, 2.45) is 0 Å². The molecule has 0 bridgehead atoms. The summed E-state index contributed by atoms with van der Waals surface area (Å²) in [6.07, 6.45) is 0. The third-order valence-corrected chi connectivity index (χ3v) is 4.04. The number of furan rings is 1. The van der Waals surface area contributed by atoms with Crippen LogP contribution in [-0.2, 0) is 13.1 Å². The van der Waals surface area contributed by atoms with Crippen LogP contribution in [0.3, 0.4) is 0 Å². The van der Waals surface area contributed by atoms with Gasteiger partial charge in [0.25, 0.3) is 0 Å². The summed E-state index contributed by atoms with van der Waals surface area (Å²) in [6, 6.07) is 8.76. The average molecular weight is 275 g/mol. The molecule has 1 N–H and O–H groups in total. The first kappa shape index (κ1) is 12.4. The highest BCUT2D eigenvalue weighted by molar-refractivity contribution is 7.09. The van der Waals surface area contributed by atoms with Crippen molar-refractivity contribution >= 4 is 22.3 Å². The van der Waals surface area contributed by atoms with E-state index in [0.717, 1.165) is 28.8 Å². The number of hydrogen-bond acceptors (Lipinski definition) is 3. The summed E-state index contributed by atoms with van der Waals surface area (Å²) in [5, 5.41) is 6.26. The number of rotatable bonds is 4. The quantitative estimate of drug-likeness (QED) is 0.770. The van der Waals surface area contributed by atoms with Crippen molar-refractivity contribution in [3.05, 3.63) is 57.7 Å². The van der Waals surface area contributed by atoms with Crippen LogP contribution in [0.1, 0.15) is 16.2 Å². The Bertz CT molecular complexity index is 688. The molecular weight excluding hydrogens is 261 g/mol. The predicted molar refractivity (Wildman–Crippen MR) is 75.8 cm³/mol. The van der Waals surface area contributed by atoms with Crippen LogP contribution < -0.4 is 5.32 Å². The maximum Gasteiger partial charge on any atom is 0.134 e. The van der Waals surface area contributed by atoms with Crippen molar-refractivity contribution < 1.29 is 8.81 Å². The maximum absolute atomic E-state index is 13.2. The van der Waals surface area contributed by atoms with Crippen molar-refractivity contribution in [2.45, 2.75) is 20.0 Å². The lowest BCUT2D eigenvalue weighted by Crippen LogP contribution is -2.11. The molecule has 0 aliphatic heterocycles. The standard InChI is InChI=1S/C15H14FNOS/c1-10-13-7-11(16)4-5-14(13)18-15(10)9-17-8-12-3-2-6-19-12/h2-7,17H,8-9H2,1H3. The Labute approximate surface area is 114 Å². The molecule has 2 heterocycles. The second kappa shape index (κ2) is 5.15. The molecule has 0 saturated carbocycles. The zero-order valence-corrected chi connectivity index (χ0v) is 11.4. The third kappa shape index (κ3) is 2.55. The summed E-state index contributed by atoms with van der Waals surface area (Å²) in [5.41, 5.74) is 1.75. The molecule has 0 radical (unpaired) electrons. The van der Waals surface area contributed by atoms with E-state index in [4.69, 9.17) is 4.42 Å². The van der Waals surface area contributed by atoms with Gasteiger partial charge in [-0.15, -0.1) is 11.3 Å². The van der Waals surface area contributed by atoms with Crippen LogP contribution in [0.2, 0.25) is 0 Å². The third-order valence-electron chi connectivity index (χ3n) is 3.16. The smallest absolute Gasteiger partial charge is 0.134 e. The summed E-state index contributed by atoms with van der Waals surface area (Å²) >= 11 is 1.73. The van der Waals surface area contributed by atoms with E-state index < -0.39 is 0 Å². The fourth-order valence-electron chi connectivity index (χ4n) is 2.12. The van der Waals surface area contributed by atoms with Crippen molar-refractivity contribution in [3.63, 3.8) is 0 Å². The van der Waals surface area contributed by atoms with E-state index in [1.165, 1.54) is 17.0 Å². The number of benzene rings is 1. The lowest BCUT2D eigenvalue weighted by atomic mass is 10.1. The van der Waals surface area contributed by atoms with Gasteiger partial charge in [-0.25, -0.2) is 4.39 Å². The van der Waals surface area contributed by atoms with Gasteiger partial charge in [0.2, 0.25) is 0 Å². The van der Waals surface area contributed by atoms with E-state index in [9.17, 15) is 4.39 Å². The Morgan fingerprint density at radius 1 is 1.26 bits per heavy atom. The van der Waals surface area contributed by atoms with Crippen LogP contribution in [0.15, 0.2) is 40.1 Å². The molecule has 0 aliphatic rings. The van der Waals surface area contributed by atoms with Gasteiger partial charge in [0.15, 0.2) is 0 Å². The largest absolute Gasteiger partial charge is 0.459 e. The van der Waals surface area contributed by atoms with E-state index in [-0.39, 0.29) is 5.82 Å². The Morgan fingerprint density at radius 2 is 2.16 bits per heavy atom. The van der Waals surface area contributed by atoms with Gasteiger partial charge < -0.3 is 9.73 Å².